The molecule has 0 radical (unpaired) electrons. The number of carboxylic acids is 1. The molecule has 0 bridgehead atoms. The highest BCUT2D eigenvalue weighted by atomic mass is 19.4. The Morgan fingerprint density at radius 2 is 1.85 bits per heavy atom. The summed E-state index contributed by atoms with van der Waals surface area (Å²) in [5, 5.41) is 11.5. The molecule has 2 N–H and O–H groups in total. The number of hydrogen-bond acceptors (Lipinski definition) is 4. The Labute approximate surface area is 191 Å². The minimum atomic E-state index is -4.47. The van der Waals surface area contributed by atoms with Crippen molar-refractivity contribution < 1.29 is 37.0 Å². The predicted molar refractivity (Wildman–Crippen MR) is 116 cm³/mol. The zero-order chi connectivity index (χ0) is 24.9. The van der Waals surface area contributed by atoms with E-state index in [-0.39, 0.29) is 34.5 Å². The first-order valence-electron chi connectivity index (χ1n) is 9.76. The van der Waals surface area contributed by atoms with Crippen molar-refractivity contribution in [1.29, 1.82) is 0 Å². The number of methoxy groups -OCH3 is 1. The quantitative estimate of drug-likeness (QED) is 0.281. The van der Waals surface area contributed by atoms with Gasteiger partial charge in [0.2, 0.25) is 0 Å². The van der Waals surface area contributed by atoms with Crippen molar-refractivity contribution in [3.05, 3.63) is 88.7 Å². The van der Waals surface area contributed by atoms with Crippen LogP contribution in [0.5, 0.6) is 5.75 Å². The van der Waals surface area contributed by atoms with Crippen molar-refractivity contribution in [2.24, 2.45) is 4.99 Å². The molecule has 0 unspecified atom stereocenters. The highest BCUT2D eigenvalue weighted by molar-refractivity contribution is 6.03. The van der Waals surface area contributed by atoms with Crippen LogP contribution in [0.3, 0.4) is 0 Å². The molecule has 0 aromatic heterocycles. The van der Waals surface area contributed by atoms with Gasteiger partial charge < -0.3 is 15.2 Å². The SMILES string of the molecule is COc1ccc(-c2cc(C(=O)O)ccc2F)cc1C(=O)NC=NCc1cccc(C(F)(F)F)c1. The van der Waals surface area contributed by atoms with Gasteiger partial charge in [-0.25, -0.2) is 9.18 Å². The first kappa shape index (κ1) is 24.4. The molecule has 3 aromatic rings. The van der Waals surface area contributed by atoms with E-state index in [1.807, 2.05) is 0 Å². The zero-order valence-electron chi connectivity index (χ0n) is 17.7. The molecule has 0 heterocycles. The summed E-state index contributed by atoms with van der Waals surface area (Å²) < 4.78 is 57.9. The Kier molecular flexibility index (Phi) is 7.30. The van der Waals surface area contributed by atoms with Crippen LogP contribution in [0.1, 0.15) is 31.8 Å². The van der Waals surface area contributed by atoms with Crippen LogP contribution in [0.15, 0.2) is 65.7 Å². The monoisotopic (exact) mass is 474 g/mol. The number of rotatable bonds is 7. The van der Waals surface area contributed by atoms with Crippen LogP contribution in [0, 0.1) is 5.82 Å². The van der Waals surface area contributed by atoms with E-state index in [4.69, 9.17) is 9.84 Å². The molecule has 176 valence electrons. The second-order valence-corrected chi connectivity index (χ2v) is 7.06. The van der Waals surface area contributed by atoms with Gasteiger partial charge in [0, 0.05) is 5.56 Å². The summed E-state index contributed by atoms with van der Waals surface area (Å²) in [7, 11) is 1.33. The lowest BCUT2D eigenvalue weighted by Crippen LogP contribution is -2.22. The van der Waals surface area contributed by atoms with Gasteiger partial charge in [0.15, 0.2) is 0 Å². The van der Waals surface area contributed by atoms with Crippen LogP contribution in [-0.2, 0) is 12.7 Å². The van der Waals surface area contributed by atoms with Crippen LogP contribution in [0.4, 0.5) is 17.6 Å². The number of alkyl halides is 3. The first-order chi connectivity index (χ1) is 16.1. The van der Waals surface area contributed by atoms with E-state index >= 15 is 0 Å². The highest BCUT2D eigenvalue weighted by Crippen LogP contribution is 2.30. The van der Waals surface area contributed by atoms with E-state index in [0.29, 0.717) is 5.56 Å². The number of carboxylic acid groups (broad SMARTS) is 1. The van der Waals surface area contributed by atoms with Crippen molar-refractivity contribution in [2.75, 3.05) is 7.11 Å². The summed E-state index contributed by atoms with van der Waals surface area (Å²) in [6.45, 7) is -0.103. The Hall–Kier alpha value is -4.21. The molecular formula is C24H18F4N2O4. The number of carbonyl (C=O) groups excluding carboxylic acids is 1. The molecule has 1 amide bonds. The normalized spacial score (nSPS) is 11.4. The molecule has 0 aliphatic carbocycles. The van der Waals surface area contributed by atoms with Gasteiger partial charge in [-0.3, -0.25) is 9.79 Å². The highest BCUT2D eigenvalue weighted by Gasteiger charge is 2.30. The van der Waals surface area contributed by atoms with Crippen molar-refractivity contribution >= 4 is 18.2 Å². The summed E-state index contributed by atoms with van der Waals surface area (Å²) in [6, 6.07) is 12.2. The lowest BCUT2D eigenvalue weighted by Gasteiger charge is -2.11. The Morgan fingerprint density at radius 1 is 1.09 bits per heavy atom. The molecule has 3 rings (SSSR count). The largest absolute Gasteiger partial charge is 0.496 e. The number of nitrogens with one attached hydrogen (secondary N) is 1. The molecule has 0 aliphatic heterocycles. The molecule has 10 heteroatoms. The third kappa shape index (κ3) is 5.77. The molecule has 0 fully saturated rings. The molecule has 34 heavy (non-hydrogen) atoms. The van der Waals surface area contributed by atoms with E-state index in [1.54, 1.807) is 0 Å². The lowest BCUT2D eigenvalue weighted by molar-refractivity contribution is -0.137. The number of halogens is 4. The van der Waals surface area contributed by atoms with Gasteiger partial charge in [-0.2, -0.15) is 13.2 Å². The van der Waals surface area contributed by atoms with Gasteiger partial charge in [-0.05, 0) is 53.6 Å². The van der Waals surface area contributed by atoms with Crippen LogP contribution in [-0.4, -0.2) is 30.4 Å². The molecule has 6 nitrogen and oxygen atoms in total. The molecular weight excluding hydrogens is 456 g/mol. The fraction of sp³-hybridized carbons (Fsp3) is 0.125. The van der Waals surface area contributed by atoms with Crippen LogP contribution in [0.25, 0.3) is 11.1 Å². The van der Waals surface area contributed by atoms with Crippen molar-refractivity contribution in [3.8, 4) is 16.9 Å². The molecule has 3 aromatic carbocycles. The maximum Gasteiger partial charge on any atom is 0.416 e. The molecule has 0 saturated carbocycles. The summed E-state index contributed by atoms with van der Waals surface area (Å²) in [5.41, 5.74) is -0.383. The maximum absolute atomic E-state index is 14.3. The Bertz CT molecular complexity index is 1260. The number of aromatic carboxylic acids is 1. The minimum absolute atomic E-state index is 0.0187. The third-order valence-electron chi connectivity index (χ3n) is 4.78. The number of aliphatic imine (C=N–C) groups is 1. The van der Waals surface area contributed by atoms with Crippen LogP contribution in [0.2, 0.25) is 0 Å². The fourth-order valence-corrected chi connectivity index (χ4v) is 3.11. The van der Waals surface area contributed by atoms with E-state index in [0.717, 1.165) is 36.7 Å². The number of carbonyl (C=O) groups is 2. The van der Waals surface area contributed by atoms with E-state index < -0.39 is 29.4 Å². The van der Waals surface area contributed by atoms with Gasteiger partial charge in [0.05, 0.1) is 36.7 Å². The van der Waals surface area contributed by atoms with Crippen LogP contribution >= 0.6 is 0 Å². The smallest absolute Gasteiger partial charge is 0.416 e. The predicted octanol–water partition coefficient (Wildman–Crippen LogP) is 5.18. The number of amides is 1. The van der Waals surface area contributed by atoms with E-state index in [9.17, 15) is 27.2 Å². The standard InChI is InChI=1S/C24H18F4N2O4/c1-34-21-8-6-15(18-11-16(23(32)33)5-7-20(18)25)10-19(21)22(31)30-13-29-12-14-3-2-4-17(9-14)24(26,27)28/h2-11,13H,12H2,1H3,(H,32,33)(H,29,30,31). The summed E-state index contributed by atoms with van der Waals surface area (Å²) in [4.78, 5) is 27.8. The molecule has 0 saturated heterocycles. The number of benzene rings is 3. The first-order valence-corrected chi connectivity index (χ1v) is 9.76. The Balaban J connectivity index is 1.79. The average Bonchev–Trinajstić information content (AvgIpc) is 2.81. The van der Waals surface area contributed by atoms with Crippen LogP contribution < -0.4 is 10.1 Å². The van der Waals surface area contributed by atoms with E-state index in [2.05, 4.69) is 10.3 Å². The molecule has 0 aliphatic rings. The van der Waals surface area contributed by atoms with Gasteiger partial charge >= 0.3 is 12.1 Å². The Morgan fingerprint density at radius 3 is 2.53 bits per heavy atom. The third-order valence-corrected chi connectivity index (χ3v) is 4.78. The van der Waals surface area contributed by atoms with Crippen molar-refractivity contribution in [2.45, 2.75) is 12.7 Å². The minimum Gasteiger partial charge on any atom is -0.496 e. The second-order valence-electron chi connectivity index (χ2n) is 7.06. The zero-order valence-corrected chi connectivity index (χ0v) is 17.7. The van der Waals surface area contributed by atoms with Crippen molar-refractivity contribution in [1.82, 2.24) is 5.32 Å². The fourth-order valence-electron chi connectivity index (χ4n) is 3.11. The number of hydrogen-bond donors (Lipinski definition) is 2. The summed E-state index contributed by atoms with van der Waals surface area (Å²) in [5.74, 6) is -2.41. The van der Waals surface area contributed by atoms with Gasteiger partial charge in [-0.15, -0.1) is 0 Å². The molecule has 0 atom stereocenters. The number of nitrogens with zero attached hydrogens (tertiary/aromatic N) is 1. The topological polar surface area (TPSA) is 88.0 Å². The van der Waals surface area contributed by atoms with Gasteiger partial charge in [0.25, 0.3) is 5.91 Å². The number of ether oxygens (including phenoxy) is 1. The summed E-state index contributed by atoms with van der Waals surface area (Å²) in [6.07, 6.45) is -3.43. The second kappa shape index (κ2) is 10.2. The lowest BCUT2D eigenvalue weighted by atomic mass is 9.99. The van der Waals surface area contributed by atoms with E-state index in [1.165, 1.54) is 37.4 Å². The molecule has 0 spiro atoms. The van der Waals surface area contributed by atoms with Gasteiger partial charge in [0.1, 0.15) is 11.6 Å². The average molecular weight is 474 g/mol. The van der Waals surface area contributed by atoms with Gasteiger partial charge in [-0.1, -0.05) is 18.2 Å². The maximum atomic E-state index is 14.3. The van der Waals surface area contributed by atoms with Crippen molar-refractivity contribution in [3.63, 3.8) is 0 Å². The summed E-state index contributed by atoms with van der Waals surface area (Å²) >= 11 is 0.